The molecule has 120 valence electrons. The van der Waals surface area contributed by atoms with E-state index in [1.165, 1.54) is 18.3 Å². The molecule has 2 aromatic rings. The lowest BCUT2D eigenvalue weighted by Crippen LogP contribution is -2.16. The maximum Gasteiger partial charge on any atom is 0.280 e. The van der Waals surface area contributed by atoms with E-state index in [9.17, 15) is 10.1 Å². The molecule has 1 heterocycles. The van der Waals surface area contributed by atoms with E-state index in [4.69, 9.17) is 12.2 Å². The van der Waals surface area contributed by atoms with Crippen molar-refractivity contribution < 1.29 is 4.92 Å². The predicted octanol–water partition coefficient (Wildman–Crippen LogP) is 3.45. The van der Waals surface area contributed by atoms with Crippen LogP contribution >= 0.6 is 0 Å². The summed E-state index contributed by atoms with van der Waals surface area (Å²) < 4.78 is 0. The number of rotatable bonds is 2. The minimum absolute atomic E-state index is 0.0919. The molecule has 0 saturated carbocycles. The molecule has 0 unspecified atom stereocenters. The van der Waals surface area contributed by atoms with Crippen molar-refractivity contribution in [3.63, 3.8) is 0 Å². The van der Waals surface area contributed by atoms with Crippen LogP contribution < -0.4 is 5.73 Å². The minimum atomic E-state index is -1.62. The van der Waals surface area contributed by atoms with Crippen molar-refractivity contribution in [2.24, 2.45) is 0 Å². The van der Waals surface area contributed by atoms with Crippen LogP contribution in [0, 0.1) is 33.9 Å². The summed E-state index contributed by atoms with van der Waals surface area (Å²) in [7, 11) is -1.62. The summed E-state index contributed by atoms with van der Waals surface area (Å²) in [6.07, 6.45) is 6.90. The highest BCUT2D eigenvalue weighted by molar-refractivity contribution is 6.83. The van der Waals surface area contributed by atoms with Crippen molar-refractivity contribution in [2.45, 2.75) is 19.6 Å². The molecule has 6 heteroatoms. The van der Waals surface area contributed by atoms with Gasteiger partial charge in [0.2, 0.25) is 0 Å². The zero-order valence-electron chi connectivity index (χ0n) is 13.8. The Balaban J connectivity index is 2.65. The molecule has 0 bridgehead atoms. The monoisotopic (exact) mass is 335 g/mol. The number of hydrogen-bond acceptors (Lipinski definition) is 4. The number of hydrogen-bond donors (Lipinski definition) is 1. The molecule has 1 aromatic heterocycles. The lowest BCUT2D eigenvalue weighted by Gasteiger charge is -2.08. The zero-order valence-corrected chi connectivity index (χ0v) is 14.8. The fourth-order valence-corrected chi connectivity index (χ4v) is 2.50. The molecule has 0 atom stereocenters. The lowest BCUT2D eigenvalue weighted by molar-refractivity contribution is -0.384. The normalized spacial score (nSPS) is 10.4. The van der Waals surface area contributed by atoms with Crippen LogP contribution in [-0.4, -0.2) is 18.0 Å². The number of terminal acetylenes is 1. The van der Waals surface area contributed by atoms with E-state index in [1.807, 2.05) is 0 Å². The molecular weight excluding hydrogens is 318 g/mol. The smallest absolute Gasteiger partial charge is 0.280 e. The molecule has 2 rings (SSSR count). The topological polar surface area (TPSA) is 82.0 Å². The number of nitro benzene ring substituents is 1. The zero-order chi connectivity index (χ0) is 17.9. The number of nitro groups is 1. The molecule has 0 aliphatic heterocycles. The third kappa shape index (κ3) is 4.01. The van der Waals surface area contributed by atoms with Crippen molar-refractivity contribution in [3.8, 4) is 35.1 Å². The van der Waals surface area contributed by atoms with E-state index in [0.717, 1.165) is 0 Å². The summed E-state index contributed by atoms with van der Waals surface area (Å²) in [6.45, 7) is 6.27. The molecule has 0 fully saturated rings. The molecule has 2 N–H and O–H groups in total. The van der Waals surface area contributed by atoms with Crippen molar-refractivity contribution in [1.29, 1.82) is 0 Å². The highest BCUT2D eigenvalue weighted by atomic mass is 28.3. The Kier molecular flexibility index (Phi) is 4.73. The highest BCUT2D eigenvalue weighted by Gasteiger charge is 2.19. The summed E-state index contributed by atoms with van der Waals surface area (Å²) >= 11 is 0. The van der Waals surface area contributed by atoms with Crippen LogP contribution in [0.3, 0.4) is 0 Å². The molecular formula is C18H17N3O2Si. The van der Waals surface area contributed by atoms with E-state index >= 15 is 0 Å². The summed E-state index contributed by atoms with van der Waals surface area (Å²) in [4.78, 5) is 15.2. The number of aromatic nitrogens is 1. The average Bonchev–Trinajstić information content (AvgIpc) is 2.52. The van der Waals surface area contributed by atoms with Gasteiger partial charge in [-0.1, -0.05) is 31.5 Å². The van der Waals surface area contributed by atoms with Crippen LogP contribution in [0.25, 0.3) is 11.3 Å². The van der Waals surface area contributed by atoms with Gasteiger partial charge in [-0.25, -0.2) is 0 Å². The molecule has 0 aliphatic carbocycles. The summed E-state index contributed by atoms with van der Waals surface area (Å²) in [5.41, 5.74) is 11.3. The first-order valence-corrected chi connectivity index (χ1v) is 10.8. The largest absolute Gasteiger partial charge is 0.398 e. The minimum Gasteiger partial charge on any atom is -0.398 e. The number of nitrogens with two attached hydrogens (primary N) is 1. The van der Waals surface area contributed by atoms with Crippen LogP contribution in [-0.2, 0) is 0 Å². The van der Waals surface area contributed by atoms with Crippen LogP contribution in [0.2, 0.25) is 19.6 Å². The van der Waals surface area contributed by atoms with Crippen LogP contribution in [0.5, 0.6) is 0 Å². The van der Waals surface area contributed by atoms with Gasteiger partial charge in [-0.2, -0.15) is 0 Å². The predicted molar refractivity (Wildman–Crippen MR) is 98.9 cm³/mol. The van der Waals surface area contributed by atoms with Gasteiger partial charge >= 0.3 is 0 Å². The van der Waals surface area contributed by atoms with Crippen molar-refractivity contribution in [1.82, 2.24) is 4.98 Å². The Labute approximate surface area is 142 Å². The lowest BCUT2D eigenvalue weighted by atomic mass is 10.0. The first-order chi connectivity index (χ1) is 11.2. The third-order valence-corrected chi connectivity index (χ3v) is 4.01. The Morgan fingerprint density at radius 2 is 2.00 bits per heavy atom. The van der Waals surface area contributed by atoms with E-state index in [-0.39, 0.29) is 5.69 Å². The Bertz CT molecular complexity index is 913. The molecule has 1 aromatic carbocycles. The number of pyridine rings is 1. The maximum absolute atomic E-state index is 11.5. The standard InChI is InChI=1S/C18H17N3O2Si/c1-5-13-6-8-20-17(10-13)15-12-16(19)14(7-9-24(2,3)4)11-18(15)21(22)23/h1,6,8,10-12H,19H2,2-4H3. The second-order valence-corrected chi connectivity index (χ2v) is 11.0. The molecule has 0 spiro atoms. The molecule has 5 nitrogen and oxygen atoms in total. The van der Waals surface area contributed by atoms with Gasteiger partial charge in [-0.3, -0.25) is 15.1 Å². The number of anilines is 1. The van der Waals surface area contributed by atoms with Crippen LogP contribution in [0.15, 0.2) is 30.5 Å². The van der Waals surface area contributed by atoms with Crippen molar-refractivity contribution in [2.75, 3.05) is 5.73 Å². The second-order valence-electron chi connectivity index (χ2n) is 6.29. The third-order valence-electron chi connectivity index (χ3n) is 3.14. The first kappa shape index (κ1) is 17.3. The van der Waals surface area contributed by atoms with Gasteiger partial charge in [-0.05, 0) is 18.2 Å². The summed E-state index contributed by atoms with van der Waals surface area (Å²) in [6, 6.07) is 6.22. The fourth-order valence-electron chi connectivity index (χ4n) is 1.99. The summed E-state index contributed by atoms with van der Waals surface area (Å²) in [5, 5.41) is 11.5. The number of nitrogens with zero attached hydrogens (tertiary/aromatic N) is 2. The van der Waals surface area contributed by atoms with Crippen molar-refractivity contribution >= 4 is 19.4 Å². The molecule has 0 amide bonds. The van der Waals surface area contributed by atoms with Crippen LogP contribution in [0.1, 0.15) is 11.1 Å². The van der Waals surface area contributed by atoms with Gasteiger partial charge in [0.25, 0.3) is 5.69 Å². The first-order valence-electron chi connectivity index (χ1n) is 7.25. The van der Waals surface area contributed by atoms with Gasteiger partial charge in [0.15, 0.2) is 0 Å². The van der Waals surface area contributed by atoms with E-state index in [1.54, 1.807) is 12.1 Å². The van der Waals surface area contributed by atoms with Crippen LogP contribution in [0.4, 0.5) is 11.4 Å². The quantitative estimate of drug-likeness (QED) is 0.300. The Morgan fingerprint density at radius 3 is 2.58 bits per heavy atom. The SMILES string of the molecule is C#Cc1ccnc(-c2cc(N)c(C#C[Si](C)(C)C)cc2[N+](=O)[O-])c1. The Hall–Kier alpha value is -3.09. The highest BCUT2D eigenvalue weighted by Crippen LogP contribution is 2.33. The molecule has 24 heavy (non-hydrogen) atoms. The van der Waals surface area contributed by atoms with Gasteiger partial charge < -0.3 is 5.73 Å². The molecule has 0 saturated heterocycles. The van der Waals surface area contributed by atoms with Gasteiger partial charge in [0.1, 0.15) is 8.07 Å². The van der Waals surface area contributed by atoms with Gasteiger partial charge in [0.05, 0.1) is 21.7 Å². The van der Waals surface area contributed by atoms with Gasteiger partial charge in [-0.15, -0.1) is 12.0 Å². The fraction of sp³-hybridized carbons (Fsp3) is 0.167. The van der Waals surface area contributed by atoms with E-state index < -0.39 is 13.0 Å². The van der Waals surface area contributed by atoms with Crippen molar-refractivity contribution in [3.05, 3.63) is 51.7 Å². The average molecular weight is 335 g/mol. The van der Waals surface area contributed by atoms with Gasteiger partial charge in [0, 0.05) is 23.5 Å². The number of nitrogen functional groups attached to an aromatic ring is 1. The maximum atomic E-state index is 11.5. The summed E-state index contributed by atoms with van der Waals surface area (Å²) in [5.74, 6) is 5.47. The van der Waals surface area contributed by atoms with E-state index in [2.05, 4.69) is 42.0 Å². The Morgan fingerprint density at radius 1 is 1.29 bits per heavy atom. The number of benzene rings is 1. The molecule has 0 radical (unpaired) electrons. The van der Waals surface area contributed by atoms with E-state index in [0.29, 0.717) is 28.1 Å². The second kappa shape index (κ2) is 6.57. The molecule has 0 aliphatic rings.